The number of nitrogens with one attached hydrogen (secondary N) is 1. The van der Waals surface area contributed by atoms with E-state index in [0.717, 1.165) is 5.56 Å². The Bertz CT molecular complexity index is 620. The fourth-order valence-corrected chi connectivity index (χ4v) is 2.41. The number of benzene rings is 2. The first-order valence-electron chi connectivity index (χ1n) is 6.44. The average Bonchev–Trinajstić information content (AvgIpc) is 2.50. The molecule has 0 amide bonds. The predicted octanol–water partition coefficient (Wildman–Crippen LogP) is 3.18. The number of nitro benzene ring substituents is 1. The van der Waals surface area contributed by atoms with Crippen LogP contribution >= 0.6 is 15.9 Å². The van der Waals surface area contributed by atoms with Gasteiger partial charge < -0.3 is 10.4 Å². The normalized spacial score (nSPS) is 12.1. The zero-order valence-electron chi connectivity index (χ0n) is 11.2. The lowest BCUT2D eigenvalue weighted by atomic mass is 10.1. The predicted molar refractivity (Wildman–Crippen MR) is 83.9 cm³/mol. The molecule has 0 bridgehead atoms. The Labute approximate surface area is 130 Å². The quantitative estimate of drug-likeness (QED) is 0.619. The van der Waals surface area contributed by atoms with Gasteiger partial charge in [0, 0.05) is 22.6 Å². The second-order valence-corrected chi connectivity index (χ2v) is 5.47. The Balaban J connectivity index is 2.14. The highest BCUT2D eigenvalue weighted by Crippen LogP contribution is 2.24. The average molecular weight is 351 g/mol. The Morgan fingerprint density at radius 3 is 2.57 bits per heavy atom. The Kier molecular flexibility index (Phi) is 5.44. The third-order valence-corrected chi connectivity index (χ3v) is 3.66. The van der Waals surface area contributed by atoms with Crippen molar-refractivity contribution in [1.82, 2.24) is 5.32 Å². The van der Waals surface area contributed by atoms with Gasteiger partial charge in [-0.2, -0.15) is 0 Å². The molecule has 5 nitrogen and oxygen atoms in total. The van der Waals surface area contributed by atoms with Gasteiger partial charge in [-0.25, -0.2) is 0 Å². The van der Waals surface area contributed by atoms with Crippen LogP contribution in [0.4, 0.5) is 5.69 Å². The number of nitrogens with zero attached hydrogens (tertiary/aromatic N) is 1. The first kappa shape index (κ1) is 15.6. The standard InChI is InChI=1S/C15H15BrN2O3/c16-13-7-6-12(15(8-13)18(20)21)9-17-14(10-19)11-4-2-1-3-5-11/h1-8,14,17,19H,9-10H2/t14-/m1/s1. The molecule has 110 valence electrons. The number of aliphatic hydroxyl groups excluding tert-OH is 1. The molecule has 0 saturated carbocycles. The maximum Gasteiger partial charge on any atom is 0.275 e. The van der Waals surface area contributed by atoms with Crippen LogP contribution in [0.1, 0.15) is 17.2 Å². The van der Waals surface area contributed by atoms with Crippen molar-refractivity contribution in [2.24, 2.45) is 0 Å². The van der Waals surface area contributed by atoms with E-state index in [1.165, 1.54) is 6.07 Å². The molecule has 0 saturated heterocycles. The number of hydrogen-bond donors (Lipinski definition) is 2. The number of rotatable bonds is 6. The van der Waals surface area contributed by atoms with Crippen molar-refractivity contribution in [3.05, 3.63) is 74.2 Å². The molecule has 0 fully saturated rings. The molecule has 2 N–H and O–H groups in total. The van der Waals surface area contributed by atoms with Gasteiger partial charge in [0.2, 0.25) is 0 Å². The third-order valence-electron chi connectivity index (χ3n) is 3.17. The topological polar surface area (TPSA) is 75.4 Å². The van der Waals surface area contributed by atoms with Gasteiger partial charge in [-0.3, -0.25) is 10.1 Å². The molecular formula is C15H15BrN2O3. The van der Waals surface area contributed by atoms with E-state index in [2.05, 4.69) is 21.2 Å². The lowest BCUT2D eigenvalue weighted by Crippen LogP contribution is -2.24. The lowest BCUT2D eigenvalue weighted by molar-refractivity contribution is -0.385. The van der Waals surface area contributed by atoms with Gasteiger partial charge in [0.15, 0.2) is 0 Å². The summed E-state index contributed by atoms with van der Waals surface area (Å²) in [5.74, 6) is 0. The van der Waals surface area contributed by atoms with Gasteiger partial charge in [0.25, 0.3) is 5.69 Å². The van der Waals surface area contributed by atoms with E-state index >= 15 is 0 Å². The highest BCUT2D eigenvalue weighted by molar-refractivity contribution is 9.10. The summed E-state index contributed by atoms with van der Waals surface area (Å²) in [4.78, 5) is 10.7. The fraction of sp³-hybridized carbons (Fsp3) is 0.200. The molecule has 0 aliphatic heterocycles. The van der Waals surface area contributed by atoms with Gasteiger partial charge in [0.05, 0.1) is 17.6 Å². The van der Waals surface area contributed by atoms with E-state index in [-0.39, 0.29) is 18.3 Å². The van der Waals surface area contributed by atoms with Crippen LogP contribution in [0, 0.1) is 10.1 Å². The van der Waals surface area contributed by atoms with Crippen molar-refractivity contribution in [2.45, 2.75) is 12.6 Å². The van der Waals surface area contributed by atoms with E-state index < -0.39 is 4.92 Å². The Hall–Kier alpha value is -1.76. The maximum atomic E-state index is 11.1. The minimum Gasteiger partial charge on any atom is -0.394 e. The van der Waals surface area contributed by atoms with Crippen LogP contribution in [-0.2, 0) is 6.54 Å². The van der Waals surface area contributed by atoms with Crippen molar-refractivity contribution < 1.29 is 10.0 Å². The van der Waals surface area contributed by atoms with Gasteiger partial charge >= 0.3 is 0 Å². The Morgan fingerprint density at radius 2 is 1.95 bits per heavy atom. The third kappa shape index (κ3) is 4.10. The molecule has 0 aliphatic rings. The number of halogens is 1. The van der Waals surface area contributed by atoms with Gasteiger partial charge in [0.1, 0.15) is 0 Å². The largest absolute Gasteiger partial charge is 0.394 e. The van der Waals surface area contributed by atoms with Crippen molar-refractivity contribution in [3.63, 3.8) is 0 Å². The molecule has 2 aromatic carbocycles. The minimum atomic E-state index is -0.405. The molecular weight excluding hydrogens is 336 g/mol. The summed E-state index contributed by atoms with van der Waals surface area (Å²) in [7, 11) is 0. The molecule has 21 heavy (non-hydrogen) atoms. The highest BCUT2D eigenvalue weighted by Gasteiger charge is 2.16. The molecule has 2 rings (SSSR count). The number of nitro groups is 1. The first-order chi connectivity index (χ1) is 10.1. The molecule has 0 aliphatic carbocycles. The van der Waals surface area contributed by atoms with Crippen LogP contribution < -0.4 is 5.32 Å². The zero-order chi connectivity index (χ0) is 15.2. The van der Waals surface area contributed by atoms with Crippen molar-refractivity contribution in [3.8, 4) is 0 Å². The summed E-state index contributed by atoms with van der Waals surface area (Å²) in [6, 6.07) is 14.2. The molecule has 0 heterocycles. The highest BCUT2D eigenvalue weighted by atomic mass is 79.9. The summed E-state index contributed by atoms with van der Waals surface area (Å²) >= 11 is 3.23. The molecule has 0 aromatic heterocycles. The summed E-state index contributed by atoms with van der Waals surface area (Å²) in [6.07, 6.45) is 0. The Morgan fingerprint density at radius 1 is 1.24 bits per heavy atom. The van der Waals surface area contributed by atoms with Crippen molar-refractivity contribution in [2.75, 3.05) is 6.61 Å². The summed E-state index contributed by atoms with van der Waals surface area (Å²) < 4.78 is 0.666. The SMILES string of the molecule is O=[N+]([O-])c1cc(Br)ccc1CN[C@H](CO)c1ccccc1. The van der Waals surface area contributed by atoms with E-state index in [1.807, 2.05) is 30.3 Å². The smallest absolute Gasteiger partial charge is 0.275 e. The van der Waals surface area contributed by atoms with Crippen LogP contribution in [0.5, 0.6) is 0 Å². The maximum absolute atomic E-state index is 11.1. The van der Waals surface area contributed by atoms with E-state index in [9.17, 15) is 15.2 Å². The van der Waals surface area contributed by atoms with Gasteiger partial charge in [-0.05, 0) is 17.7 Å². The van der Waals surface area contributed by atoms with E-state index in [1.54, 1.807) is 12.1 Å². The van der Waals surface area contributed by atoms with Crippen LogP contribution in [0.25, 0.3) is 0 Å². The van der Waals surface area contributed by atoms with Crippen LogP contribution in [0.3, 0.4) is 0 Å². The van der Waals surface area contributed by atoms with Crippen LogP contribution in [-0.4, -0.2) is 16.6 Å². The molecule has 2 aromatic rings. The van der Waals surface area contributed by atoms with Crippen molar-refractivity contribution in [1.29, 1.82) is 0 Å². The first-order valence-corrected chi connectivity index (χ1v) is 7.23. The summed E-state index contributed by atoms with van der Waals surface area (Å²) in [6.45, 7) is 0.234. The fourth-order valence-electron chi connectivity index (χ4n) is 2.06. The summed E-state index contributed by atoms with van der Waals surface area (Å²) in [5.41, 5.74) is 1.58. The summed E-state index contributed by atoms with van der Waals surface area (Å²) in [5, 5.41) is 23.7. The number of aliphatic hydroxyl groups is 1. The van der Waals surface area contributed by atoms with Crippen LogP contribution in [0.15, 0.2) is 53.0 Å². The lowest BCUT2D eigenvalue weighted by Gasteiger charge is -2.16. The van der Waals surface area contributed by atoms with E-state index in [0.29, 0.717) is 16.6 Å². The molecule has 0 radical (unpaired) electrons. The van der Waals surface area contributed by atoms with Gasteiger partial charge in [-0.1, -0.05) is 46.3 Å². The minimum absolute atomic E-state index is 0.0571. The van der Waals surface area contributed by atoms with Crippen LogP contribution in [0.2, 0.25) is 0 Å². The molecule has 1 atom stereocenters. The monoisotopic (exact) mass is 350 g/mol. The van der Waals surface area contributed by atoms with E-state index in [4.69, 9.17) is 0 Å². The van der Waals surface area contributed by atoms with Gasteiger partial charge in [-0.15, -0.1) is 0 Å². The molecule has 6 heteroatoms. The zero-order valence-corrected chi connectivity index (χ0v) is 12.8. The number of hydrogen-bond acceptors (Lipinski definition) is 4. The molecule has 0 spiro atoms. The second-order valence-electron chi connectivity index (χ2n) is 4.56. The second kappa shape index (κ2) is 7.31. The van der Waals surface area contributed by atoms with Crippen molar-refractivity contribution >= 4 is 21.6 Å². The molecule has 0 unspecified atom stereocenters.